The van der Waals surface area contributed by atoms with Crippen molar-refractivity contribution in [2.75, 3.05) is 0 Å². The molecule has 1 rings (SSSR count). The molecule has 5 heteroatoms. The lowest BCUT2D eigenvalue weighted by atomic mass is 9.87. The summed E-state index contributed by atoms with van der Waals surface area (Å²) in [5.74, 6) is 0.772. The minimum absolute atomic E-state index is 0.114. The van der Waals surface area contributed by atoms with Crippen LogP contribution in [0.1, 0.15) is 65.2 Å². The Labute approximate surface area is 104 Å². The number of unbranched alkanes of at least 4 members (excludes halogenated alkanes) is 2. The van der Waals surface area contributed by atoms with Gasteiger partial charge in [-0.3, -0.25) is 0 Å². The molecule has 0 aromatic carbocycles. The van der Waals surface area contributed by atoms with Crippen LogP contribution in [-0.4, -0.2) is 20.2 Å². The summed E-state index contributed by atoms with van der Waals surface area (Å²) < 4.78 is 1.84. The molecule has 1 heterocycles. The Bertz CT molecular complexity index is 329. The van der Waals surface area contributed by atoms with Gasteiger partial charge in [-0.15, -0.1) is 5.10 Å². The summed E-state index contributed by atoms with van der Waals surface area (Å²) in [6.07, 6.45) is 5.00. The molecule has 0 amide bonds. The zero-order valence-corrected chi connectivity index (χ0v) is 11.5. The van der Waals surface area contributed by atoms with Crippen LogP contribution in [-0.2, 0) is 6.54 Å². The quantitative estimate of drug-likeness (QED) is 0.741. The largest absolute Gasteiger partial charge is 0.322 e. The Morgan fingerprint density at radius 3 is 2.65 bits per heavy atom. The van der Waals surface area contributed by atoms with Gasteiger partial charge in [0.05, 0.1) is 6.04 Å². The van der Waals surface area contributed by atoms with E-state index in [1.807, 2.05) is 11.6 Å². The summed E-state index contributed by atoms with van der Waals surface area (Å²) in [5.41, 5.74) is 6.05. The fraction of sp³-hybridized carbons (Fsp3) is 0.917. The fourth-order valence-corrected chi connectivity index (χ4v) is 1.99. The van der Waals surface area contributed by atoms with E-state index in [1.54, 1.807) is 0 Å². The Balaban J connectivity index is 2.59. The van der Waals surface area contributed by atoms with Crippen LogP contribution in [0.25, 0.3) is 0 Å². The number of hydrogen-bond acceptors (Lipinski definition) is 4. The molecule has 17 heavy (non-hydrogen) atoms. The molecule has 98 valence electrons. The molecule has 2 N–H and O–H groups in total. The Hall–Kier alpha value is -0.970. The van der Waals surface area contributed by atoms with Crippen LogP contribution in [0.15, 0.2) is 0 Å². The number of hydrogen-bond donors (Lipinski definition) is 1. The van der Waals surface area contributed by atoms with E-state index in [0.29, 0.717) is 0 Å². The smallest absolute Gasteiger partial charge is 0.167 e. The molecule has 0 saturated heterocycles. The minimum Gasteiger partial charge on any atom is -0.322 e. The SMILES string of the molecule is CCCCCC(C)(C)Cn1nnnc1C(C)N. The molecule has 5 nitrogen and oxygen atoms in total. The average Bonchev–Trinajstić information content (AvgIpc) is 2.65. The maximum absolute atomic E-state index is 5.84. The van der Waals surface area contributed by atoms with E-state index in [0.717, 1.165) is 12.4 Å². The first-order valence-electron chi connectivity index (χ1n) is 6.48. The first-order chi connectivity index (χ1) is 7.96. The summed E-state index contributed by atoms with van der Waals surface area (Å²) in [5, 5.41) is 11.7. The number of aromatic nitrogens is 4. The van der Waals surface area contributed by atoms with Crippen LogP contribution < -0.4 is 5.73 Å². The van der Waals surface area contributed by atoms with Crippen LogP contribution >= 0.6 is 0 Å². The molecule has 0 aliphatic heterocycles. The monoisotopic (exact) mass is 239 g/mol. The maximum Gasteiger partial charge on any atom is 0.167 e. The third-order valence-electron chi connectivity index (χ3n) is 3.00. The van der Waals surface area contributed by atoms with Gasteiger partial charge in [-0.25, -0.2) is 4.68 Å². The second kappa shape index (κ2) is 6.10. The Morgan fingerprint density at radius 2 is 2.06 bits per heavy atom. The number of tetrazole rings is 1. The molecule has 0 spiro atoms. The molecule has 0 aliphatic rings. The van der Waals surface area contributed by atoms with Crippen molar-refractivity contribution in [1.82, 2.24) is 20.2 Å². The van der Waals surface area contributed by atoms with Gasteiger partial charge in [0.25, 0.3) is 0 Å². The first kappa shape index (κ1) is 14.1. The summed E-state index contributed by atoms with van der Waals surface area (Å²) in [7, 11) is 0. The van der Waals surface area contributed by atoms with Gasteiger partial charge in [0.2, 0.25) is 0 Å². The van der Waals surface area contributed by atoms with Crippen LogP contribution in [0, 0.1) is 5.41 Å². The molecule has 0 fully saturated rings. The van der Waals surface area contributed by atoms with Crippen LogP contribution in [0.2, 0.25) is 0 Å². The Morgan fingerprint density at radius 1 is 1.35 bits per heavy atom. The summed E-state index contributed by atoms with van der Waals surface area (Å²) >= 11 is 0. The van der Waals surface area contributed by atoms with Gasteiger partial charge in [0, 0.05) is 6.54 Å². The van der Waals surface area contributed by atoms with Crippen molar-refractivity contribution in [2.24, 2.45) is 11.1 Å². The van der Waals surface area contributed by atoms with Crippen LogP contribution in [0.3, 0.4) is 0 Å². The zero-order chi connectivity index (χ0) is 12.9. The van der Waals surface area contributed by atoms with Crippen molar-refractivity contribution in [3.63, 3.8) is 0 Å². The van der Waals surface area contributed by atoms with Crippen molar-refractivity contribution in [3.8, 4) is 0 Å². The van der Waals surface area contributed by atoms with Crippen molar-refractivity contribution >= 4 is 0 Å². The third-order valence-corrected chi connectivity index (χ3v) is 3.00. The van der Waals surface area contributed by atoms with Gasteiger partial charge in [0.15, 0.2) is 5.82 Å². The summed E-state index contributed by atoms with van der Waals surface area (Å²) in [6.45, 7) is 9.49. The zero-order valence-electron chi connectivity index (χ0n) is 11.5. The predicted octanol–water partition coefficient (Wildman–Crippen LogP) is 2.30. The van der Waals surface area contributed by atoms with Crippen molar-refractivity contribution in [2.45, 2.75) is 66.0 Å². The Kier molecular flexibility index (Phi) is 5.05. The van der Waals surface area contributed by atoms with E-state index in [9.17, 15) is 0 Å². The number of nitrogens with two attached hydrogens (primary N) is 1. The lowest BCUT2D eigenvalue weighted by Gasteiger charge is -2.25. The van der Waals surface area contributed by atoms with E-state index in [1.165, 1.54) is 25.7 Å². The molecule has 0 radical (unpaired) electrons. The number of rotatable bonds is 7. The molecule has 1 aromatic heterocycles. The maximum atomic E-state index is 5.84. The second-order valence-corrected chi connectivity index (χ2v) is 5.60. The fourth-order valence-electron chi connectivity index (χ4n) is 1.99. The van der Waals surface area contributed by atoms with E-state index < -0.39 is 0 Å². The molecular formula is C12H25N5. The topological polar surface area (TPSA) is 69.6 Å². The predicted molar refractivity (Wildman–Crippen MR) is 68.3 cm³/mol. The van der Waals surface area contributed by atoms with Gasteiger partial charge in [-0.05, 0) is 29.2 Å². The molecule has 0 bridgehead atoms. The molecule has 1 aromatic rings. The van der Waals surface area contributed by atoms with Gasteiger partial charge in [-0.1, -0.05) is 40.0 Å². The minimum atomic E-state index is -0.114. The molecule has 0 aliphatic carbocycles. The molecular weight excluding hydrogens is 214 g/mol. The molecule has 1 unspecified atom stereocenters. The van der Waals surface area contributed by atoms with Crippen molar-refractivity contribution in [3.05, 3.63) is 5.82 Å². The highest BCUT2D eigenvalue weighted by Gasteiger charge is 2.21. The van der Waals surface area contributed by atoms with Crippen LogP contribution in [0.5, 0.6) is 0 Å². The first-order valence-corrected chi connectivity index (χ1v) is 6.48. The van der Waals surface area contributed by atoms with E-state index in [4.69, 9.17) is 5.73 Å². The van der Waals surface area contributed by atoms with Gasteiger partial charge in [0.1, 0.15) is 0 Å². The summed E-state index contributed by atoms with van der Waals surface area (Å²) in [4.78, 5) is 0. The summed E-state index contributed by atoms with van der Waals surface area (Å²) in [6, 6.07) is -0.114. The van der Waals surface area contributed by atoms with E-state index in [2.05, 4.69) is 36.3 Å². The number of nitrogens with zero attached hydrogens (tertiary/aromatic N) is 4. The van der Waals surface area contributed by atoms with Gasteiger partial charge in [-0.2, -0.15) is 0 Å². The van der Waals surface area contributed by atoms with Gasteiger partial charge < -0.3 is 5.73 Å². The van der Waals surface area contributed by atoms with Gasteiger partial charge >= 0.3 is 0 Å². The van der Waals surface area contributed by atoms with Crippen molar-refractivity contribution in [1.29, 1.82) is 0 Å². The average molecular weight is 239 g/mol. The second-order valence-electron chi connectivity index (χ2n) is 5.60. The molecule has 0 saturated carbocycles. The van der Waals surface area contributed by atoms with E-state index >= 15 is 0 Å². The van der Waals surface area contributed by atoms with E-state index in [-0.39, 0.29) is 11.5 Å². The normalized spacial score (nSPS) is 13.9. The lowest BCUT2D eigenvalue weighted by molar-refractivity contribution is 0.252. The standard InChI is InChI=1S/C12H25N5/c1-5-6-7-8-12(3,4)9-17-11(10(2)13)14-15-16-17/h10H,5-9,13H2,1-4H3. The molecule has 1 atom stereocenters. The van der Waals surface area contributed by atoms with Crippen LogP contribution in [0.4, 0.5) is 0 Å². The third kappa shape index (κ3) is 4.42. The highest BCUT2D eigenvalue weighted by molar-refractivity contribution is 4.88. The highest BCUT2D eigenvalue weighted by atomic mass is 15.5. The lowest BCUT2D eigenvalue weighted by Crippen LogP contribution is -2.24. The van der Waals surface area contributed by atoms with Crippen molar-refractivity contribution < 1.29 is 0 Å². The highest BCUT2D eigenvalue weighted by Crippen LogP contribution is 2.26.